The summed E-state index contributed by atoms with van der Waals surface area (Å²) in [5.41, 5.74) is 8.19. The number of rotatable bonds is 1. The largest absolute Gasteiger partial charge is 0.454 e. The fourth-order valence-electron chi connectivity index (χ4n) is 2.19. The lowest BCUT2D eigenvalue weighted by atomic mass is 9.71. The van der Waals surface area contributed by atoms with Crippen molar-refractivity contribution in [3.8, 4) is 11.5 Å². The molecule has 3 nitrogen and oxygen atoms in total. The fraction of sp³-hybridized carbons (Fsp3) is 0.400. The van der Waals surface area contributed by atoms with Gasteiger partial charge in [0.15, 0.2) is 18.8 Å². The number of benzene rings is 1. The molecule has 1 radical (unpaired) electrons. The van der Waals surface area contributed by atoms with Crippen molar-refractivity contribution in [2.24, 2.45) is 5.73 Å². The molecule has 2 aliphatic heterocycles. The molecule has 3 rings (SSSR count). The molecule has 0 aromatic heterocycles. The zero-order chi connectivity index (χ0) is 9.54. The third kappa shape index (κ3) is 0.974. The van der Waals surface area contributed by atoms with E-state index in [0.717, 1.165) is 17.8 Å². The van der Waals surface area contributed by atoms with Crippen LogP contribution in [-0.2, 0) is 0 Å². The van der Waals surface area contributed by atoms with Gasteiger partial charge in [0, 0.05) is 0 Å². The first-order chi connectivity index (χ1) is 6.90. The molecule has 4 heteroatoms. The Balaban J connectivity index is 2.12. The minimum absolute atomic E-state index is 0.340. The lowest BCUT2D eigenvalue weighted by molar-refractivity contribution is 0.174. The highest BCUT2D eigenvalue weighted by molar-refractivity contribution is 6.57. The summed E-state index contributed by atoms with van der Waals surface area (Å²) in [6.45, 7) is 1.04. The van der Waals surface area contributed by atoms with E-state index in [1.54, 1.807) is 0 Å². The SMILES string of the molecule is NCC1C[B]c2c1ccc1c2OCO1. The van der Waals surface area contributed by atoms with Gasteiger partial charge in [0.2, 0.25) is 6.79 Å². The normalized spacial score (nSPS) is 21.9. The first-order valence-electron chi connectivity index (χ1n) is 4.86. The first-order valence-corrected chi connectivity index (χ1v) is 4.86. The lowest BCUT2D eigenvalue weighted by Gasteiger charge is -2.09. The zero-order valence-electron chi connectivity index (χ0n) is 7.82. The van der Waals surface area contributed by atoms with Crippen LogP contribution in [0.2, 0.25) is 6.32 Å². The van der Waals surface area contributed by atoms with E-state index >= 15 is 0 Å². The van der Waals surface area contributed by atoms with Crippen LogP contribution >= 0.6 is 0 Å². The molecule has 1 atom stereocenters. The molecule has 2 heterocycles. The number of fused-ring (bicyclic) bond motifs is 3. The lowest BCUT2D eigenvalue weighted by Crippen LogP contribution is -2.14. The number of hydrogen-bond acceptors (Lipinski definition) is 3. The Morgan fingerprint density at radius 2 is 2.36 bits per heavy atom. The molecule has 14 heavy (non-hydrogen) atoms. The zero-order valence-corrected chi connectivity index (χ0v) is 7.82. The van der Waals surface area contributed by atoms with Gasteiger partial charge in [0.25, 0.3) is 0 Å². The van der Waals surface area contributed by atoms with Crippen LogP contribution in [0.1, 0.15) is 11.5 Å². The van der Waals surface area contributed by atoms with Crippen molar-refractivity contribution in [2.45, 2.75) is 12.2 Å². The Hall–Kier alpha value is -1.16. The number of ether oxygens (including phenoxy) is 2. The van der Waals surface area contributed by atoms with Crippen LogP contribution in [0.3, 0.4) is 0 Å². The molecule has 2 N–H and O–H groups in total. The van der Waals surface area contributed by atoms with Crippen LogP contribution in [-0.4, -0.2) is 20.6 Å². The molecule has 0 saturated carbocycles. The maximum atomic E-state index is 5.70. The molecule has 1 aromatic carbocycles. The molecular formula is C10H11BNO2. The Labute approximate surface area is 83.4 Å². The fourth-order valence-corrected chi connectivity index (χ4v) is 2.19. The van der Waals surface area contributed by atoms with Crippen molar-refractivity contribution >= 4 is 12.7 Å². The van der Waals surface area contributed by atoms with Crippen molar-refractivity contribution in [1.82, 2.24) is 0 Å². The second-order valence-electron chi connectivity index (χ2n) is 3.67. The van der Waals surface area contributed by atoms with Crippen LogP contribution in [0.15, 0.2) is 12.1 Å². The van der Waals surface area contributed by atoms with E-state index in [9.17, 15) is 0 Å². The average Bonchev–Trinajstić information content (AvgIpc) is 2.82. The summed E-state index contributed by atoms with van der Waals surface area (Å²) in [6.07, 6.45) is 1.02. The van der Waals surface area contributed by atoms with E-state index in [2.05, 4.69) is 13.3 Å². The minimum Gasteiger partial charge on any atom is -0.454 e. The Bertz CT molecular complexity index is 381. The van der Waals surface area contributed by atoms with Crippen molar-refractivity contribution in [1.29, 1.82) is 0 Å². The third-order valence-electron chi connectivity index (χ3n) is 2.94. The molecule has 0 amide bonds. The molecular weight excluding hydrogens is 177 g/mol. The van der Waals surface area contributed by atoms with E-state index in [4.69, 9.17) is 15.2 Å². The molecule has 1 aromatic rings. The quantitative estimate of drug-likeness (QED) is 0.641. The molecule has 0 saturated heterocycles. The Morgan fingerprint density at radius 1 is 1.43 bits per heavy atom. The highest BCUT2D eigenvalue weighted by Gasteiger charge is 2.29. The summed E-state index contributed by atoms with van der Waals surface area (Å²) in [4.78, 5) is 0. The highest BCUT2D eigenvalue weighted by Crippen LogP contribution is 2.36. The van der Waals surface area contributed by atoms with Gasteiger partial charge in [-0.2, -0.15) is 0 Å². The monoisotopic (exact) mass is 188 g/mol. The van der Waals surface area contributed by atoms with Crippen molar-refractivity contribution in [3.05, 3.63) is 17.7 Å². The van der Waals surface area contributed by atoms with Gasteiger partial charge >= 0.3 is 0 Å². The van der Waals surface area contributed by atoms with Gasteiger partial charge in [-0.3, -0.25) is 0 Å². The van der Waals surface area contributed by atoms with Gasteiger partial charge in [0.1, 0.15) is 0 Å². The summed E-state index contributed by atoms with van der Waals surface area (Å²) >= 11 is 0. The topological polar surface area (TPSA) is 44.5 Å². The van der Waals surface area contributed by atoms with E-state index in [-0.39, 0.29) is 0 Å². The van der Waals surface area contributed by atoms with Crippen LogP contribution in [0, 0.1) is 0 Å². The predicted molar refractivity (Wildman–Crippen MR) is 54.6 cm³/mol. The second-order valence-corrected chi connectivity index (χ2v) is 3.67. The smallest absolute Gasteiger partial charge is 0.231 e. The van der Waals surface area contributed by atoms with Crippen LogP contribution in [0.4, 0.5) is 0 Å². The average molecular weight is 188 g/mol. The van der Waals surface area contributed by atoms with Crippen molar-refractivity contribution in [3.63, 3.8) is 0 Å². The van der Waals surface area contributed by atoms with Gasteiger partial charge in [-0.1, -0.05) is 12.4 Å². The standard InChI is InChI=1S/C10H11BNO2/c12-4-6-3-11-9-7(6)1-2-8-10(9)14-5-13-8/h1-2,6H,3-5,12H2. The Morgan fingerprint density at radius 3 is 3.21 bits per heavy atom. The van der Waals surface area contributed by atoms with Gasteiger partial charge in [0.05, 0.1) is 0 Å². The number of hydrogen-bond donors (Lipinski definition) is 1. The van der Waals surface area contributed by atoms with Gasteiger partial charge in [-0.15, -0.1) is 0 Å². The van der Waals surface area contributed by atoms with Crippen LogP contribution < -0.4 is 20.7 Å². The van der Waals surface area contributed by atoms with Crippen LogP contribution in [0.25, 0.3) is 0 Å². The van der Waals surface area contributed by atoms with E-state index in [1.807, 2.05) is 6.07 Å². The second kappa shape index (κ2) is 2.92. The molecule has 71 valence electrons. The Kier molecular flexibility index (Phi) is 1.71. The molecule has 1 unspecified atom stereocenters. The summed E-state index contributed by atoms with van der Waals surface area (Å²) < 4.78 is 10.8. The summed E-state index contributed by atoms with van der Waals surface area (Å²) in [7, 11) is 2.19. The first kappa shape index (κ1) is 8.18. The summed E-state index contributed by atoms with van der Waals surface area (Å²) in [5.74, 6) is 2.22. The van der Waals surface area contributed by atoms with Gasteiger partial charge in [-0.25, -0.2) is 0 Å². The molecule has 2 aliphatic rings. The maximum absolute atomic E-state index is 5.70. The van der Waals surface area contributed by atoms with E-state index in [0.29, 0.717) is 19.3 Å². The van der Waals surface area contributed by atoms with Crippen LogP contribution in [0.5, 0.6) is 11.5 Å². The van der Waals surface area contributed by atoms with E-state index < -0.39 is 0 Å². The molecule has 0 aliphatic carbocycles. The maximum Gasteiger partial charge on any atom is 0.231 e. The molecule has 0 bridgehead atoms. The van der Waals surface area contributed by atoms with Crippen molar-refractivity contribution in [2.75, 3.05) is 13.3 Å². The number of nitrogens with two attached hydrogens (primary N) is 1. The summed E-state index contributed by atoms with van der Waals surface area (Å²) in [6, 6.07) is 4.08. The van der Waals surface area contributed by atoms with Gasteiger partial charge in [-0.05, 0) is 29.6 Å². The van der Waals surface area contributed by atoms with Gasteiger partial charge < -0.3 is 15.2 Å². The summed E-state index contributed by atoms with van der Waals surface area (Å²) in [5, 5.41) is 0. The molecule has 0 fully saturated rings. The minimum atomic E-state index is 0.340. The third-order valence-corrected chi connectivity index (χ3v) is 2.94. The molecule has 0 spiro atoms. The highest BCUT2D eigenvalue weighted by atomic mass is 16.7. The van der Waals surface area contributed by atoms with Crippen molar-refractivity contribution < 1.29 is 9.47 Å². The predicted octanol–water partition coefficient (Wildman–Crippen LogP) is 0.219. The van der Waals surface area contributed by atoms with E-state index in [1.165, 1.54) is 11.0 Å².